The smallest absolute Gasteiger partial charge is 0.269 e. The van der Waals surface area contributed by atoms with Crippen LogP contribution >= 0.6 is 11.8 Å². The van der Waals surface area contributed by atoms with E-state index in [1.165, 1.54) is 0 Å². The molecule has 4 aromatic rings. The summed E-state index contributed by atoms with van der Waals surface area (Å²) in [7, 11) is 1.66. The summed E-state index contributed by atoms with van der Waals surface area (Å²) in [6, 6.07) is 11.4. The van der Waals surface area contributed by atoms with Crippen molar-refractivity contribution in [3.8, 4) is 0 Å². The normalized spacial score (nSPS) is 11.2. The number of rotatable bonds is 10. The van der Waals surface area contributed by atoms with Crippen molar-refractivity contribution in [3.05, 3.63) is 48.3 Å². The average molecular weight is 452 g/mol. The number of thioether (sulfide) groups is 1. The summed E-state index contributed by atoms with van der Waals surface area (Å²) in [6.07, 6.45) is 1.75. The molecule has 0 aliphatic carbocycles. The fraction of sp³-hybridized carbons (Fsp3) is 0.318. The molecule has 4 rings (SSSR count). The number of methoxy groups -OCH3 is 1. The van der Waals surface area contributed by atoms with Gasteiger partial charge in [-0.15, -0.1) is 0 Å². The number of anilines is 1. The van der Waals surface area contributed by atoms with Crippen LogP contribution in [0.1, 0.15) is 17.4 Å². The van der Waals surface area contributed by atoms with Crippen LogP contribution in [0.5, 0.6) is 0 Å². The maximum atomic E-state index is 12.6. The summed E-state index contributed by atoms with van der Waals surface area (Å²) in [5, 5.41) is 13.2. The van der Waals surface area contributed by atoms with E-state index in [1.54, 1.807) is 35.8 Å². The molecule has 0 radical (unpaired) electrons. The Kier molecular flexibility index (Phi) is 7.13. The first-order valence-electron chi connectivity index (χ1n) is 10.4. The second-order valence-corrected chi connectivity index (χ2v) is 8.19. The van der Waals surface area contributed by atoms with Crippen LogP contribution in [0, 0.1) is 0 Å². The van der Waals surface area contributed by atoms with E-state index in [-0.39, 0.29) is 5.91 Å². The van der Waals surface area contributed by atoms with Gasteiger partial charge in [-0.3, -0.25) is 4.79 Å². The van der Waals surface area contributed by atoms with Crippen LogP contribution in [0.2, 0.25) is 0 Å². The number of benzene rings is 1. The Hall–Kier alpha value is -3.24. The van der Waals surface area contributed by atoms with Crippen molar-refractivity contribution in [1.29, 1.82) is 0 Å². The van der Waals surface area contributed by atoms with Gasteiger partial charge in [0, 0.05) is 25.6 Å². The lowest BCUT2D eigenvalue weighted by Gasteiger charge is -2.09. The second-order valence-electron chi connectivity index (χ2n) is 6.96. The highest BCUT2D eigenvalue weighted by Gasteiger charge is 2.14. The molecular weight excluding hydrogens is 426 g/mol. The number of carbonyl (C=O) groups is 1. The van der Waals surface area contributed by atoms with Gasteiger partial charge in [-0.05, 0) is 17.9 Å². The Morgan fingerprint density at radius 3 is 2.84 bits per heavy atom. The number of para-hydroxylation sites is 1. The summed E-state index contributed by atoms with van der Waals surface area (Å²) >= 11 is 1.57. The average Bonchev–Trinajstić information content (AvgIpc) is 3.22. The number of amides is 1. The highest BCUT2D eigenvalue weighted by molar-refractivity contribution is 7.99. The Bertz CT molecular complexity index is 1230. The van der Waals surface area contributed by atoms with Crippen molar-refractivity contribution < 1.29 is 9.53 Å². The van der Waals surface area contributed by atoms with Crippen LogP contribution in [0.4, 0.5) is 5.82 Å². The SMILES string of the molecule is CCSc1nc(NCCOC)c2cnn(CCNC(=O)c3ccc4ccccc4n3)c2n1. The van der Waals surface area contributed by atoms with E-state index in [1.807, 2.05) is 30.3 Å². The zero-order valence-corrected chi connectivity index (χ0v) is 18.9. The van der Waals surface area contributed by atoms with Crippen LogP contribution in [0.3, 0.4) is 0 Å². The Morgan fingerprint density at radius 2 is 2.00 bits per heavy atom. The zero-order chi connectivity index (χ0) is 22.3. The van der Waals surface area contributed by atoms with Crippen molar-refractivity contribution in [2.75, 3.05) is 37.9 Å². The molecule has 0 atom stereocenters. The van der Waals surface area contributed by atoms with Crippen molar-refractivity contribution >= 4 is 45.4 Å². The van der Waals surface area contributed by atoms with Crippen LogP contribution in [0.15, 0.2) is 47.8 Å². The van der Waals surface area contributed by atoms with E-state index >= 15 is 0 Å². The number of carbonyl (C=O) groups excluding carboxylic acids is 1. The third-order valence-electron chi connectivity index (χ3n) is 4.79. The van der Waals surface area contributed by atoms with Crippen molar-refractivity contribution in [1.82, 2.24) is 30.0 Å². The fourth-order valence-electron chi connectivity index (χ4n) is 3.26. The first-order valence-corrected chi connectivity index (χ1v) is 11.4. The van der Waals surface area contributed by atoms with E-state index in [0.29, 0.717) is 37.1 Å². The lowest BCUT2D eigenvalue weighted by molar-refractivity contribution is 0.0947. The third-order valence-corrected chi connectivity index (χ3v) is 5.52. The molecule has 9 nitrogen and oxygen atoms in total. The third kappa shape index (κ3) is 4.97. The van der Waals surface area contributed by atoms with Crippen LogP contribution in [-0.2, 0) is 11.3 Å². The summed E-state index contributed by atoms with van der Waals surface area (Å²) in [5.41, 5.74) is 1.92. The molecule has 0 saturated heterocycles. The molecule has 3 aromatic heterocycles. The van der Waals surface area contributed by atoms with Gasteiger partial charge in [0.15, 0.2) is 10.8 Å². The molecule has 1 amide bonds. The number of hydrogen-bond donors (Lipinski definition) is 2. The van der Waals surface area contributed by atoms with E-state index < -0.39 is 0 Å². The second kappa shape index (κ2) is 10.4. The highest BCUT2D eigenvalue weighted by atomic mass is 32.2. The van der Waals surface area contributed by atoms with Gasteiger partial charge >= 0.3 is 0 Å². The number of hydrogen-bond acceptors (Lipinski definition) is 8. The van der Waals surface area contributed by atoms with Gasteiger partial charge in [-0.1, -0.05) is 43.0 Å². The molecule has 0 aliphatic rings. The Morgan fingerprint density at radius 1 is 1.12 bits per heavy atom. The molecule has 0 bridgehead atoms. The van der Waals surface area contributed by atoms with E-state index in [4.69, 9.17) is 4.74 Å². The monoisotopic (exact) mass is 451 g/mol. The standard InChI is InChI=1S/C22H25N7O2S/c1-3-32-22-27-19(23-11-13-31-2)16-14-25-29(20(16)28-22)12-10-24-21(30)18-9-8-15-6-4-5-7-17(15)26-18/h4-9,14H,3,10-13H2,1-2H3,(H,24,30)(H,23,27,28). The number of ether oxygens (including phenoxy) is 1. The number of nitrogens with zero attached hydrogens (tertiary/aromatic N) is 5. The molecule has 2 N–H and O–H groups in total. The summed E-state index contributed by atoms with van der Waals surface area (Å²) in [4.78, 5) is 26.3. The Labute approximate surface area is 190 Å². The van der Waals surface area contributed by atoms with Crippen LogP contribution in [0.25, 0.3) is 21.9 Å². The lowest BCUT2D eigenvalue weighted by Crippen LogP contribution is -2.28. The zero-order valence-electron chi connectivity index (χ0n) is 18.0. The first kappa shape index (κ1) is 22.0. The van der Waals surface area contributed by atoms with E-state index in [0.717, 1.165) is 33.5 Å². The molecule has 0 aliphatic heterocycles. The molecule has 0 fully saturated rings. The minimum atomic E-state index is -0.217. The summed E-state index contributed by atoms with van der Waals surface area (Å²) < 4.78 is 6.90. The van der Waals surface area contributed by atoms with Crippen molar-refractivity contribution in [3.63, 3.8) is 0 Å². The maximum Gasteiger partial charge on any atom is 0.269 e. The fourth-order valence-corrected chi connectivity index (χ4v) is 3.82. The quantitative estimate of drug-likeness (QED) is 0.215. The largest absolute Gasteiger partial charge is 0.383 e. The molecule has 10 heteroatoms. The van der Waals surface area contributed by atoms with Gasteiger partial charge in [0.05, 0.1) is 30.3 Å². The first-order chi connectivity index (χ1) is 15.7. The topological polar surface area (TPSA) is 107 Å². The molecule has 3 heterocycles. The predicted molar refractivity (Wildman–Crippen MR) is 126 cm³/mol. The van der Waals surface area contributed by atoms with Gasteiger partial charge in [0.25, 0.3) is 5.91 Å². The van der Waals surface area contributed by atoms with Gasteiger partial charge in [-0.25, -0.2) is 19.6 Å². The number of nitrogens with one attached hydrogen (secondary N) is 2. The molecule has 0 unspecified atom stereocenters. The predicted octanol–water partition coefficient (Wildman–Crippen LogP) is 2.97. The summed E-state index contributed by atoms with van der Waals surface area (Å²) in [5.74, 6) is 1.39. The molecule has 1 aromatic carbocycles. The summed E-state index contributed by atoms with van der Waals surface area (Å²) in [6.45, 7) is 4.15. The molecular formula is C22H25N7O2S. The lowest BCUT2D eigenvalue weighted by atomic mass is 10.2. The molecule has 166 valence electrons. The van der Waals surface area contributed by atoms with Crippen molar-refractivity contribution in [2.24, 2.45) is 0 Å². The van der Waals surface area contributed by atoms with Gasteiger partial charge < -0.3 is 15.4 Å². The molecule has 0 spiro atoms. The maximum absolute atomic E-state index is 12.6. The number of fused-ring (bicyclic) bond motifs is 2. The molecule has 0 saturated carbocycles. The van der Waals surface area contributed by atoms with E-state index in [2.05, 4.69) is 37.6 Å². The minimum Gasteiger partial charge on any atom is -0.383 e. The van der Waals surface area contributed by atoms with Gasteiger partial charge in [-0.2, -0.15) is 5.10 Å². The highest BCUT2D eigenvalue weighted by Crippen LogP contribution is 2.24. The Balaban J connectivity index is 1.46. The van der Waals surface area contributed by atoms with E-state index in [9.17, 15) is 4.79 Å². The van der Waals surface area contributed by atoms with Crippen LogP contribution < -0.4 is 10.6 Å². The van der Waals surface area contributed by atoms with Gasteiger partial charge in [0.1, 0.15) is 11.5 Å². The molecule has 32 heavy (non-hydrogen) atoms. The van der Waals surface area contributed by atoms with Gasteiger partial charge in [0.2, 0.25) is 0 Å². The van der Waals surface area contributed by atoms with Crippen molar-refractivity contribution in [2.45, 2.75) is 18.6 Å². The minimum absolute atomic E-state index is 0.217. The van der Waals surface area contributed by atoms with Crippen LogP contribution in [-0.4, -0.2) is 63.2 Å². The number of pyridine rings is 1. The number of aromatic nitrogens is 5.